The molecule has 1 fully saturated rings. The number of aromatic nitrogens is 1. The molecule has 4 rings (SSSR count). The Morgan fingerprint density at radius 3 is 2.37 bits per heavy atom. The third-order valence-electron chi connectivity index (χ3n) is 5.15. The highest BCUT2D eigenvalue weighted by Gasteiger charge is 2.35. The summed E-state index contributed by atoms with van der Waals surface area (Å²) in [6, 6.07) is 12.1. The van der Waals surface area contributed by atoms with Crippen LogP contribution in [0.4, 0.5) is 4.39 Å². The van der Waals surface area contributed by atoms with Gasteiger partial charge in [0.15, 0.2) is 5.11 Å². The molecule has 0 N–H and O–H groups in total. The van der Waals surface area contributed by atoms with E-state index in [9.17, 15) is 14.0 Å². The lowest BCUT2D eigenvalue weighted by molar-refractivity contribution is -0.132. The molecule has 8 heteroatoms. The summed E-state index contributed by atoms with van der Waals surface area (Å²) in [4.78, 5) is 27.9. The van der Waals surface area contributed by atoms with Crippen LogP contribution in [0.1, 0.15) is 11.1 Å². The van der Waals surface area contributed by atoms with E-state index in [1.807, 2.05) is 28.8 Å². The second-order valence-electron chi connectivity index (χ2n) is 7.00. The maximum atomic E-state index is 14.3. The third kappa shape index (κ3) is 3.30. The second kappa shape index (κ2) is 7.66. The van der Waals surface area contributed by atoms with Crippen molar-refractivity contribution in [3.05, 3.63) is 76.2 Å². The van der Waals surface area contributed by atoms with Gasteiger partial charge in [-0.25, -0.2) is 4.39 Å². The number of thiocarbonyl (C=S) groups is 1. The van der Waals surface area contributed by atoms with Crippen LogP contribution in [0.2, 0.25) is 5.02 Å². The summed E-state index contributed by atoms with van der Waals surface area (Å²) in [5.41, 5.74) is 1.88. The summed E-state index contributed by atoms with van der Waals surface area (Å²) in [6.07, 6.45) is 3.34. The van der Waals surface area contributed by atoms with Crippen molar-refractivity contribution in [3.63, 3.8) is 0 Å². The molecular formula is C22H17ClFN3O2S. The zero-order valence-corrected chi connectivity index (χ0v) is 17.8. The molecule has 1 aliphatic rings. The van der Waals surface area contributed by atoms with E-state index in [-0.39, 0.29) is 17.2 Å². The number of amides is 2. The van der Waals surface area contributed by atoms with E-state index in [2.05, 4.69) is 0 Å². The van der Waals surface area contributed by atoms with Crippen LogP contribution in [0.25, 0.3) is 17.0 Å². The second-order valence-corrected chi connectivity index (χ2v) is 7.77. The fraction of sp³-hybridized carbons (Fsp3) is 0.136. The number of fused-ring (bicyclic) bond motifs is 1. The molecule has 3 aromatic rings. The zero-order valence-electron chi connectivity index (χ0n) is 16.2. The number of para-hydroxylation sites is 1. The average molecular weight is 442 g/mol. The monoisotopic (exact) mass is 441 g/mol. The molecule has 0 spiro atoms. The molecule has 0 saturated carbocycles. The number of likely N-dealkylation sites (N-methyl/N-ethyl adjacent to an activating group) is 2. The molecule has 0 radical (unpaired) electrons. The van der Waals surface area contributed by atoms with E-state index in [4.69, 9.17) is 23.8 Å². The number of hydrogen-bond donors (Lipinski definition) is 0. The highest BCUT2D eigenvalue weighted by Crippen LogP contribution is 2.28. The van der Waals surface area contributed by atoms with Crippen molar-refractivity contribution in [1.82, 2.24) is 14.4 Å². The topological polar surface area (TPSA) is 45.6 Å². The van der Waals surface area contributed by atoms with Crippen LogP contribution < -0.4 is 0 Å². The Bertz CT molecular complexity index is 1200. The van der Waals surface area contributed by atoms with Gasteiger partial charge in [0.05, 0.1) is 6.54 Å². The van der Waals surface area contributed by atoms with E-state index in [0.717, 1.165) is 10.9 Å². The molecule has 2 aromatic carbocycles. The van der Waals surface area contributed by atoms with Crippen molar-refractivity contribution in [3.8, 4) is 0 Å². The van der Waals surface area contributed by atoms with E-state index < -0.39 is 17.6 Å². The minimum absolute atomic E-state index is 0.0143. The molecule has 2 amide bonds. The normalized spacial score (nSPS) is 14.8. The minimum atomic E-state index is -0.461. The van der Waals surface area contributed by atoms with Crippen LogP contribution in [0.3, 0.4) is 0 Å². The van der Waals surface area contributed by atoms with Crippen LogP contribution in [0.15, 0.2) is 54.2 Å². The molecule has 152 valence electrons. The Labute approximate surface area is 182 Å². The number of hydrogen-bond acceptors (Lipinski definition) is 3. The number of carbonyl (C=O) groups is 2. The van der Waals surface area contributed by atoms with Crippen molar-refractivity contribution in [1.29, 1.82) is 0 Å². The maximum Gasteiger partial charge on any atom is 0.265 e. The molecular weight excluding hydrogens is 425 g/mol. The molecule has 0 atom stereocenters. The van der Waals surface area contributed by atoms with Crippen molar-refractivity contribution in [2.75, 3.05) is 14.1 Å². The Morgan fingerprint density at radius 1 is 1.03 bits per heavy atom. The van der Waals surface area contributed by atoms with Gasteiger partial charge < -0.3 is 4.57 Å². The first-order valence-corrected chi connectivity index (χ1v) is 9.90. The third-order valence-corrected chi connectivity index (χ3v) is 6.06. The van der Waals surface area contributed by atoms with Gasteiger partial charge in [0.2, 0.25) is 0 Å². The minimum Gasteiger partial charge on any atom is -0.342 e. The first-order chi connectivity index (χ1) is 14.3. The lowest BCUT2D eigenvalue weighted by atomic mass is 10.1. The summed E-state index contributed by atoms with van der Waals surface area (Å²) in [6.45, 7) is 0.209. The van der Waals surface area contributed by atoms with Gasteiger partial charge in [-0.3, -0.25) is 19.4 Å². The first-order valence-electron chi connectivity index (χ1n) is 9.12. The Kier molecular flexibility index (Phi) is 5.17. The van der Waals surface area contributed by atoms with Crippen molar-refractivity contribution in [2.24, 2.45) is 0 Å². The lowest BCUT2D eigenvalue weighted by Gasteiger charge is -2.31. The summed E-state index contributed by atoms with van der Waals surface area (Å²) in [5, 5.41) is 1.32. The fourth-order valence-electron chi connectivity index (χ4n) is 3.51. The van der Waals surface area contributed by atoms with Crippen molar-refractivity contribution < 1.29 is 14.0 Å². The molecule has 5 nitrogen and oxygen atoms in total. The number of carbonyl (C=O) groups excluding carboxylic acids is 2. The Hall–Kier alpha value is -3.03. The standard InChI is InChI=1S/C22H17ClFN3O2S/c1-25-20(28)15(21(29)26(2)22(25)30)10-13-11-27(19-9-4-3-6-14(13)19)12-16-17(23)7-5-8-18(16)24/h3-11H,12H2,1-2H3. The van der Waals surface area contributed by atoms with Gasteiger partial charge in [-0.2, -0.15) is 0 Å². The predicted molar refractivity (Wildman–Crippen MR) is 119 cm³/mol. The van der Waals surface area contributed by atoms with Gasteiger partial charge in [-0.15, -0.1) is 0 Å². The molecule has 2 heterocycles. The van der Waals surface area contributed by atoms with E-state index >= 15 is 0 Å². The van der Waals surface area contributed by atoms with Crippen LogP contribution in [0.5, 0.6) is 0 Å². The SMILES string of the molecule is CN1C(=O)C(=Cc2cn(Cc3c(F)cccc3Cl)c3ccccc23)C(=O)N(C)C1=S. The van der Waals surface area contributed by atoms with E-state index in [1.165, 1.54) is 30.0 Å². The van der Waals surface area contributed by atoms with Gasteiger partial charge in [0.1, 0.15) is 11.4 Å². The van der Waals surface area contributed by atoms with Gasteiger partial charge >= 0.3 is 0 Å². The molecule has 1 aliphatic heterocycles. The van der Waals surface area contributed by atoms with Crippen molar-refractivity contribution >= 4 is 57.7 Å². The smallest absolute Gasteiger partial charge is 0.265 e. The zero-order chi connectivity index (χ0) is 21.6. The first kappa shape index (κ1) is 20.3. The molecule has 0 aliphatic carbocycles. The molecule has 1 aromatic heterocycles. The van der Waals surface area contributed by atoms with Gasteiger partial charge in [-0.05, 0) is 36.5 Å². The number of rotatable bonds is 3. The lowest BCUT2D eigenvalue weighted by Crippen LogP contribution is -2.52. The Morgan fingerprint density at radius 2 is 1.70 bits per heavy atom. The van der Waals surface area contributed by atoms with Crippen molar-refractivity contribution in [2.45, 2.75) is 6.54 Å². The Balaban J connectivity index is 1.83. The number of halogens is 2. The summed E-state index contributed by atoms with van der Waals surface area (Å²) in [5.74, 6) is -1.32. The number of nitrogens with zero attached hydrogens (tertiary/aromatic N) is 3. The molecule has 0 unspecified atom stereocenters. The molecule has 30 heavy (non-hydrogen) atoms. The van der Waals surface area contributed by atoms with Gasteiger partial charge in [0, 0.05) is 47.3 Å². The molecule has 1 saturated heterocycles. The van der Waals surface area contributed by atoms with Gasteiger partial charge in [-0.1, -0.05) is 35.9 Å². The summed E-state index contributed by atoms with van der Waals surface area (Å²) >= 11 is 11.3. The quantitative estimate of drug-likeness (QED) is 0.349. The maximum absolute atomic E-state index is 14.3. The highest BCUT2D eigenvalue weighted by atomic mass is 35.5. The predicted octanol–water partition coefficient (Wildman–Crippen LogP) is 4.08. The summed E-state index contributed by atoms with van der Waals surface area (Å²) < 4.78 is 16.2. The van der Waals surface area contributed by atoms with E-state index in [1.54, 1.807) is 24.4 Å². The van der Waals surface area contributed by atoms with Crippen LogP contribution in [-0.2, 0) is 16.1 Å². The number of benzene rings is 2. The summed E-state index contributed by atoms with van der Waals surface area (Å²) in [7, 11) is 3.07. The van der Waals surface area contributed by atoms with Crippen LogP contribution in [0, 0.1) is 5.82 Å². The molecule has 0 bridgehead atoms. The largest absolute Gasteiger partial charge is 0.342 e. The van der Waals surface area contributed by atoms with Gasteiger partial charge in [0.25, 0.3) is 11.8 Å². The van der Waals surface area contributed by atoms with E-state index in [0.29, 0.717) is 16.1 Å². The average Bonchev–Trinajstić information content (AvgIpc) is 3.08. The highest BCUT2D eigenvalue weighted by molar-refractivity contribution is 7.80. The van der Waals surface area contributed by atoms with Crippen LogP contribution in [-0.4, -0.2) is 45.4 Å². The fourth-order valence-corrected chi connectivity index (χ4v) is 3.89. The van der Waals surface area contributed by atoms with Crippen LogP contribution >= 0.6 is 23.8 Å².